The maximum atomic E-state index is 13.1. The van der Waals surface area contributed by atoms with Crippen LogP contribution in [0.25, 0.3) is 11.1 Å². The number of amides is 2. The second-order valence-electron chi connectivity index (χ2n) is 6.33. The van der Waals surface area contributed by atoms with Crippen LogP contribution >= 0.6 is 23.2 Å². The lowest BCUT2D eigenvalue weighted by Gasteiger charge is -2.42. The molecule has 29 heavy (non-hydrogen) atoms. The van der Waals surface area contributed by atoms with Crippen LogP contribution in [0.3, 0.4) is 0 Å². The smallest absolute Gasteiger partial charge is 0.306 e. The Morgan fingerprint density at radius 1 is 1.00 bits per heavy atom. The molecule has 2 aliphatic rings. The first-order valence-corrected chi connectivity index (χ1v) is 9.42. The van der Waals surface area contributed by atoms with Gasteiger partial charge in [0.15, 0.2) is 0 Å². The highest BCUT2D eigenvalue weighted by atomic mass is 35.5. The Kier molecular flexibility index (Phi) is 4.19. The van der Waals surface area contributed by atoms with Gasteiger partial charge in [0.05, 0.1) is 32.7 Å². The van der Waals surface area contributed by atoms with Crippen molar-refractivity contribution in [1.29, 1.82) is 0 Å². The van der Waals surface area contributed by atoms with E-state index in [1.807, 2.05) is 36.4 Å². The predicted octanol–water partition coefficient (Wildman–Crippen LogP) is 4.66. The Balaban J connectivity index is 1.60. The minimum atomic E-state index is -0.380. The van der Waals surface area contributed by atoms with Crippen LogP contribution in [0.15, 0.2) is 77.1 Å². The Bertz CT molecular complexity index is 1210. The van der Waals surface area contributed by atoms with Crippen LogP contribution < -0.4 is 5.32 Å². The molecule has 0 saturated carbocycles. The first kappa shape index (κ1) is 17.7. The molecule has 0 atom stereocenters. The quantitative estimate of drug-likeness (QED) is 0.642. The Labute approximate surface area is 175 Å². The first-order valence-electron chi connectivity index (χ1n) is 8.66. The van der Waals surface area contributed by atoms with Crippen molar-refractivity contribution in [3.05, 3.63) is 93.5 Å². The maximum Gasteiger partial charge on any atom is 0.331 e. The van der Waals surface area contributed by atoms with Crippen molar-refractivity contribution in [3.63, 3.8) is 0 Å². The average Bonchev–Trinajstić information content (AvgIpc) is 3.23. The number of carbonyl (C=O) groups is 1. The van der Waals surface area contributed by atoms with Crippen molar-refractivity contribution in [2.24, 2.45) is 0 Å². The monoisotopic (exact) mass is 422 g/mol. The number of allylic oxidation sites excluding steroid dienone is 4. The molecular formula is C20H12Cl2N6O. The van der Waals surface area contributed by atoms with E-state index in [-0.39, 0.29) is 6.03 Å². The van der Waals surface area contributed by atoms with Crippen molar-refractivity contribution < 1.29 is 4.79 Å². The molecule has 3 heterocycles. The number of aromatic nitrogens is 4. The summed E-state index contributed by atoms with van der Waals surface area (Å²) in [6, 6.07) is 16.3. The molecule has 0 fully saturated rings. The minimum absolute atomic E-state index is 0.372. The number of para-hydroxylation sites is 1. The van der Waals surface area contributed by atoms with Crippen molar-refractivity contribution in [1.82, 2.24) is 25.5 Å². The number of H-pyrrole nitrogens is 1. The number of hydrogen-bond donors (Lipinski definition) is 2. The fourth-order valence-corrected chi connectivity index (χ4v) is 3.86. The Morgan fingerprint density at radius 3 is 2.48 bits per heavy atom. The largest absolute Gasteiger partial charge is 0.331 e. The zero-order valence-corrected chi connectivity index (χ0v) is 16.2. The van der Waals surface area contributed by atoms with E-state index in [4.69, 9.17) is 23.2 Å². The Hall–Kier alpha value is -3.42. The molecular weight excluding hydrogens is 411 g/mol. The van der Waals surface area contributed by atoms with E-state index >= 15 is 0 Å². The summed E-state index contributed by atoms with van der Waals surface area (Å²) in [5.74, 6) is 0.372. The number of nitrogens with zero attached hydrogens (tertiary/aromatic N) is 4. The summed E-state index contributed by atoms with van der Waals surface area (Å²) in [5.41, 5.74) is 4.05. The number of carbonyl (C=O) groups excluding carboxylic acids is 1. The molecule has 7 nitrogen and oxygen atoms in total. The van der Waals surface area contributed by atoms with E-state index in [2.05, 4.69) is 25.9 Å². The van der Waals surface area contributed by atoms with Crippen LogP contribution in [-0.4, -0.2) is 31.6 Å². The lowest BCUT2D eigenvalue weighted by molar-refractivity contribution is 0.233. The van der Waals surface area contributed by atoms with Gasteiger partial charge >= 0.3 is 6.03 Å². The third kappa shape index (κ3) is 2.83. The number of benzene rings is 2. The van der Waals surface area contributed by atoms with Gasteiger partial charge in [-0.15, -0.1) is 10.2 Å². The van der Waals surface area contributed by atoms with Gasteiger partial charge in [-0.3, -0.25) is 4.90 Å². The number of tetrazole rings is 1. The molecule has 0 unspecified atom stereocenters. The van der Waals surface area contributed by atoms with Gasteiger partial charge in [-0.05, 0) is 29.0 Å². The summed E-state index contributed by atoms with van der Waals surface area (Å²) in [7, 11) is 0. The van der Waals surface area contributed by atoms with Gasteiger partial charge < -0.3 is 5.32 Å². The number of nitrogens with one attached hydrogen (secondary N) is 2. The van der Waals surface area contributed by atoms with E-state index in [1.165, 1.54) is 4.90 Å². The van der Waals surface area contributed by atoms with Gasteiger partial charge in [-0.25, -0.2) is 4.79 Å². The molecule has 5 rings (SSSR count). The van der Waals surface area contributed by atoms with E-state index in [1.54, 1.807) is 24.3 Å². The predicted molar refractivity (Wildman–Crippen MR) is 111 cm³/mol. The van der Waals surface area contributed by atoms with Crippen LogP contribution in [0, 0.1) is 0 Å². The molecule has 9 heteroatoms. The van der Waals surface area contributed by atoms with Crippen molar-refractivity contribution in [2.45, 2.75) is 0 Å². The SMILES string of the molecule is O=C(Nc1ccccc1Cl)N1c2c(Cl)cc(-c3ccccc3)c1c2-c1nn[nH]n1. The van der Waals surface area contributed by atoms with Crippen LogP contribution in [0.5, 0.6) is 0 Å². The lowest BCUT2D eigenvalue weighted by atomic mass is 9.84. The van der Waals surface area contributed by atoms with Crippen LogP contribution in [0.4, 0.5) is 10.5 Å². The molecule has 0 radical (unpaired) electrons. The van der Waals surface area contributed by atoms with E-state index in [9.17, 15) is 4.79 Å². The fourth-order valence-electron chi connectivity index (χ4n) is 3.39. The summed E-state index contributed by atoms with van der Waals surface area (Å²) in [6.07, 6.45) is 1.84. The van der Waals surface area contributed by atoms with Gasteiger partial charge in [0.2, 0.25) is 5.82 Å². The lowest BCUT2D eigenvalue weighted by Crippen LogP contribution is -2.43. The van der Waals surface area contributed by atoms with Gasteiger partial charge in [0, 0.05) is 5.57 Å². The third-order valence-electron chi connectivity index (χ3n) is 4.65. The number of halogens is 2. The van der Waals surface area contributed by atoms with Crippen LogP contribution in [-0.2, 0) is 0 Å². The number of aromatic amines is 1. The second-order valence-corrected chi connectivity index (χ2v) is 7.14. The zero-order chi connectivity index (χ0) is 20.0. The van der Waals surface area contributed by atoms with Gasteiger partial charge in [0.25, 0.3) is 0 Å². The van der Waals surface area contributed by atoms with Gasteiger partial charge in [0.1, 0.15) is 0 Å². The summed E-state index contributed by atoms with van der Waals surface area (Å²) in [5, 5.41) is 17.9. The van der Waals surface area contributed by atoms with Crippen molar-refractivity contribution in [3.8, 4) is 0 Å². The number of hydrogen-bond acceptors (Lipinski definition) is 4. The topological polar surface area (TPSA) is 86.8 Å². The molecule has 2 bridgehead atoms. The molecule has 0 aliphatic carbocycles. The molecule has 0 spiro atoms. The molecule has 2 aliphatic heterocycles. The van der Waals surface area contributed by atoms with Crippen LogP contribution in [0.1, 0.15) is 11.4 Å². The zero-order valence-electron chi connectivity index (χ0n) is 14.7. The molecule has 2 N–H and O–H groups in total. The fraction of sp³-hybridized carbons (Fsp3) is 0. The van der Waals surface area contributed by atoms with Gasteiger partial charge in [-0.2, -0.15) is 5.21 Å². The minimum Gasteiger partial charge on any atom is -0.306 e. The van der Waals surface area contributed by atoms with E-state index in [0.29, 0.717) is 38.5 Å². The third-order valence-corrected chi connectivity index (χ3v) is 5.26. The van der Waals surface area contributed by atoms with E-state index < -0.39 is 0 Å². The standard InChI is InChI=1S/C20H12Cl2N6O/c21-13-8-4-5-9-15(13)23-20(29)28-17-12(11-6-2-1-3-7-11)10-14(22)18(28)16(17)19-24-26-27-25-19/h1-10H,(H,23,29)(H,24,25,26,27). The number of rotatable bonds is 3. The highest BCUT2D eigenvalue weighted by Crippen LogP contribution is 2.53. The summed E-state index contributed by atoms with van der Waals surface area (Å²) in [6.45, 7) is 0. The molecule has 1 aromatic heterocycles. The van der Waals surface area contributed by atoms with Crippen molar-refractivity contribution in [2.75, 3.05) is 5.32 Å². The normalized spacial score (nSPS) is 15.2. The van der Waals surface area contributed by atoms with Crippen molar-refractivity contribution >= 4 is 46.1 Å². The summed E-state index contributed by atoms with van der Waals surface area (Å²) in [4.78, 5) is 14.6. The highest BCUT2D eigenvalue weighted by molar-refractivity contribution is 6.36. The molecule has 142 valence electrons. The molecule has 3 aromatic rings. The molecule has 2 aromatic carbocycles. The van der Waals surface area contributed by atoms with Gasteiger partial charge in [-0.1, -0.05) is 65.7 Å². The Morgan fingerprint density at radius 2 is 1.76 bits per heavy atom. The summed E-state index contributed by atoms with van der Waals surface area (Å²) < 4.78 is 0. The summed E-state index contributed by atoms with van der Waals surface area (Å²) >= 11 is 12.8. The highest BCUT2D eigenvalue weighted by Gasteiger charge is 2.46. The first-order chi connectivity index (χ1) is 14.1. The number of fused-ring (bicyclic) bond motifs is 2. The van der Waals surface area contributed by atoms with Crippen LogP contribution in [0.2, 0.25) is 5.02 Å². The molecule has 2 amide bonds. The molecule has 0 saturated heterocycles. The second kappa shape index (κ2) is 6.88. The number of anilines is 1. The number of urea groups is 1. The maximum absolute atomic E-state index is 13.1. The average molecular weight is 423 g/mol. The van der Waals surface area contributed by atoms with E-state index in [0.717, 1.165) is 11.1 Å².